The van der Waals surface area contributed by atoms with Crippen molar-refractivity contribution in [2.75, 3.05) is 5.32 Å². The minimum Gasteiger partial charge on any atom is -0.444 e. The highest BCUT2D eigenvalue weighted by molar-refractivity contribution is 6.31. The summed E-state index contributed by atoms with van der Waals surface area (Å²) in [7, 11) is 0. The van der Waals surface area contributed by atoms with Crippen molar-refractivity contribution in [3.05, 3.63) is 71.8 Å². The van der Waals surface area contributed by atoms with Gasteiger partial charge in [-0.2, -0.15) is 0 Å². The molecule has 0 saturated carbocycles. The highest BCUT2D eigenvalue weighted by Crippen LogP contribution is 2.23. The van der Waals surface area contributed by atoms with Crippen LogP contribution in [0.15, 0.2) is 65.5 Å². The molecule has 0 unspecified atom stereocenters. The van der Waals surface area contributed by atoms with E-state index >= 15 is 0 Å². The molecule has 118 valence electrons. The van der Waals surface area contributed by atoms with Gasteiger partial charge in [-0.25, -0.2) is 4.98 Å². The maximum Gasteiger partial charge on any atom is 0.272 e. The summed E-state index contributed by atoms with van der Waals surface area (Å²) in [4.78, 5) is 19.3. The lowest BCUT2D eigenvalue weighted by atomic mass is 10.1. The summed E-state index contributed by atoms with van der Waals surface area (Å²) in [5, 5.41) is 4.39. The van der Waals surface area contributed by atoms with Crippen LogP contribution >= 0.6 is 11.6 Å². The minimum absolute atomic E-state index is 0.213. The average Bonchev–Trinajstić information content (AvgIpc) is 3.24. The van der Waals surface area contributed by atoms with E-state index < -0.39 is 0 Å². The highest BCUT2D eigenvalue weighted by atomic mass is 35.5. The molecule has 0 saturated heterocycles. The van der Waals surface area contributed by atoms with Crippen molar-refractivity contribution in [1.29, 1.82) is 0 Å². The van der Waals surface area contributed by atoms with Crippen LogP contribution in [0.2, 0.25) is 5.02 Å². The summed E-state index contributed by atoms with van der Waals surface area (Å²) in [6.07, 6.45) is 3.02. The van der Waals surface area contributed by atoms with Crippen LogP contribution < -0.4 is 5.32 Å². The molecule has 0 bridgehead atoms. The van der Waals surface area contributed by atoms with Gasteiger partial charge in [-0.1, -0.05) is 11.6 Å². The zero-order valence-corrected chi connectivity index (χ0v) is 13.2. The topological polar surface area (TPSA) is 70.9 Å². The molecule has 1 amide bonds. The number of hydrogen-bond acceptors (Lipinski definition) is 3. The normalized spacial score (nSPS) is 10.9. The number of hydrogen-bond donors (Lipinski definition) is 2. The van der Waals surface area contributed by atoms with Crippen LogP contribution in [0.1, 0.15) is 10.5 Å². The number of benzene rings is 2. The molecule has 0 fully saturated rings. The van der Waals surface area contributed by atoms with Gasteiger partial charge in [0.05, 0.1) is 6.20 Å². The average molecular weight is 338 g/mol. The Morgan fingerprint density at radius 1 is 1.12 bits per heavy atom. The Kier molecular flexibility index (Phi) is 3.55. The Morgan fingerprint density at radius 3 is 2.71 bits per heavy atom. The van der Waals surface area contributed by atoms with Gasteiger partial charge in [0.25, 0.3) is 5.91 Å². The molecule has 24 heavy (non-hydrogen) atoms. The van der Waals surface area contributed by atoms with Gasteiger partial charge in [-0.15, -0.1) is 0 Å². The number of fused-ring (bicyclic) bond motifs is 1. The molecular formula is C18H12ClN3O2. The molecule has 2 N–H and O–H groups in total. The summed E-state index contributed by atoms with van der Waals surface area (Å²) in [5.74, 6) is 0.468. The fourth-order valence-electron chi connectivity index (χ4n) is 2.50. The Bertz CT molecular complexity index is 1000. The molecule has 0 radical (unpaired) electrons. The lowest BCUT2D eigenvalue weighted by Crippen LogP contribution is -2.12. The van der Waals surface area contributed by atoms with Gasteiger partial charge >= 0.3 is 0 Å². The van der Waals surface area contributed by atoms with Crippen molar-refractivity contribution in [2.45, 2.75) is 0 Å². The van der Waals surface area contributed by atoms with Crippen LogP contribution in [0.4, 0.5) is 5.69 Å². The van der Waals surface area contributed by atoms with Crippen LogP contribution in [0, 0.1) is 0 Å². The Hall–Kier alpha value is -3.05. The van der Waals surface area contributed by atoms with Crippen molar-refractivity contribution < 1.29 is 9.21 Å². The van der Waals surface area contributed by atoms with Gasteiger partial charge in [-0.3, -0.25) is 4.79 Å². The molecular weight excluding hydrogens is 326 g/mol. The van der Waals surface area contributed by atoms with Gasteiger partial charge in [0.1, 0.15) is 5.69 Å². The van der Waals surface area contributed by atoms with Crippen molar-refractivity contribution in [3.8, 4) is 11.3 Å². The minimum atomic E-state index is -0.213. The van der Waals surface area contributed by atoms with E-state index in [1.165, 1.54) is 6.39 Å². The number of halogens is 1. The van der Waals surface area contributed by atoms with Crippen molar-refractivity contribution in [1.82, 2.24) is 9.97 Å². The zero-order valence-electron chi connectivity index (χ0n) is 12.4. The fourth-order valence-corrected chi connectivity index (χ4v) is 2.68. The van der Waals surface area contributed by atoms with Crippen LogP contribution in [-0.2, 0) is 0 Å². The lowest BCUT2D eigenvalue weighted by molar-refractivity contribution is 0.102. The first kappa shape index (κ1) is 14.5. The second-order valence-corrected chi connectivity index (χ2v) is 5.75. The first-order valence-electron chi connectivity index (χ1n) is 7.27. The molecule has 4 aromatic rings. The van der Waals surface area contributed by atoms with Crippen LogP contribution in [0.3, 0.4) is 0 Å². The van der Waals surface area contributed by atoms with Crippen molar-refractivity contribution >= 4 is 34.1 Å². The number of carbonyl (C=O) groups excluding carboxylic acids is 1. The standard InChI is InChI=1S/C18H12ClN3O2/c19-13-3-6-15-12(7-13)8-16(22-15)18(23)21-14-4-1-11(2-5-14)17-9-20-10-24-17/h1-10,22H,(H,21,23). The monoisotopic (exact) mass is 337 g/mol. The number of carbonyl (C=O) groups is 1. The molecule has 0 atom stereocenters. The summed E-state index contributed by atoms with van der Waals surface area (Å²) < 4.78 is 5.24. The number of rotatable bonds is 3. The molecule has 6 heteroatoms. The number of nitrogens with one attached hydrogen (secondary N) is 2. The van der Waals surface area contributed by atoms with E-state index in [9.17, 15) is 4.79 Å². The molecule has 5 nitrogen and oxygen atoms in total. The number of aromatic amines is 1. The number of amides is 1. The predicted octanol–water partition coefficient (Wildman–Crippen LogP) is 4.73. The van der Waals surface area contributed by atoms with Gasteiger partial charge in [-0.05, 0) is 48.5 Å². The molecule has 0 spiro atoms. The molecule has 2 aromatic carbocycles. The number of anilines is 1. The third-order valence-electron chi connectivity index (χ3n) is 3.69. The van der Waals surface area contributed by atoms with Gasteiger partial charge < -0.3 is 14.7 Å². The number of oxazole rings is 1. The summed E-state index contributed by atoms with van der Waals surface area (Å²) in [6.45, 7) is 0. The smallest absolute Gasteiger partial charge is 0.272 e. The molecule has 0 aliphatic carbocycles. The van der Waals surface area contributed by atoms with E-state index in [0.717, 1.165) is 16.5 Å². The summed E-state index contributed by atoms with van der Waals surface area (Å²) in [6, 6.07) is 14.6. The molecule has 2 aromatic heterocycles. The molecule has 0 aliphatic rings. The highest BCUT2D eigenvalue weighted by Gasteiger charge is 2.10. The Morgan fingerprint density at radius 2 is 1.96 bits per heavy atom. The number of nitrogens with zero attached hydrogens (tertiary/aromatic N) is 1. The summed E-state index contributed by atoms with van der Waals surface area (Å²) >= 11 is 5.97. The summed E-state index contributed by atoms with van der Waals surface area (Å²) in [5.41, 5.74) is 2.93. The lowest BCUT2D eigenvalue weighted by Gasteiger charge is -2.04. The zero-order chi connectivity index (χ0) is 16.5. The van der Waals surface area contributed by atoms with Crippen LogP contribution in [0.5, 0.6) is 0 Å². The van der Waals surface area contributed by atoms with Crippen LogP contribution in [0.25, 0.3) is 22.2 Å². The third-order valence-corrected chi connectivity index (χ3v) is 3.92. The first-order chi connectivity index (χ1) is 11.7. The van der Waals surface area contributed by atoms with Gasteiger partial charge in [0.2, 0.25) is 0 Å². The first-order valence-corrected chi connectivity index (χ1v) is 7.65. The van der Waals surface area contributed by atoms with E-state index in [1.54, 1.807) is 18.3 Å². The Labute approximate surface area is 142 Å². The van der Waals surface area contributed by atoms with E-state index in [-0.39, 0.29) is 5.91 Å². The number of aromatic nitrogens is 2. The quantitative estimate of drug-likeness (QED) is 0.567. The maximum atomic E-state index is 12.4. The fraction of sp³-hybridized carbons (Fsp3) is 0. The second kappa shape index (κ2) is 5.86. The molecule has 0 aliphatic heterocycles. The van der Waals surface area contributed by atoms with Crippen LogP contribution in [-0.4, -0.2) is 15.9 Å². The second-order valence-electron chi connectivity index (χ2n) is 5.31. The van der Waals surface area contributed by atoms with Crippen molar-refractivity contribution in [3.63, 3.8) is 0 Å². The van der Waals surface area contributed by atoms with E-state index in [0.29, 0.717) is 22.2 Å². The largest absolute Gasteiger partial charge is 0.444 e. The third kappa shape index (κ3) is 2.77. The van der Waals surface area contributed by atoms with E-state index in [4.69, 9.17) is 16.0 Å². The predicted molar refractivity (Wildman–Crippen MR) is 93.2 cm³/mol. The Balaban J connectivity index is 1.54. The molecule has 2 heterocycles. The van der Waals surface area contributed by atoms with Gasteiger partial charge in [0.15, 0.2) is 12.2 Å². The maximum absolute atomic E-state index is 12.4. The van der Waals surface area contributed by atoms with Gasteiger partial charge in [0, 0.05) is 27.2 Å². The molecule has 4 rings (SSSR count). The number of H-pyrrole nitrogens is 1. The van der Waals surface area contributed by atoms with E-state index in [2.05, 4.69) is 15.3 Å². The van der Waals surface area contributed by atoms with E-state index in [1.807, 2.05) is 36.4 Å². The SMILES string of the molecule is O=C(Nc1ccc(-c2cnco2)cc1)c1cc2cc(Cl)ccc2[nH]1. The van der Waals surface area contributed by atoms with Crippen molar-refractivity contribution in [2.24, 2.45) is 0 Å².